The Balaban J connectivity index is 2.12. The van der Waals surface area contributed by atoms with E-state index in [1.165, 1.54) is 18.5 Å². The Kier molecular flexibility index (Phi) is 5.73. The van der Waals surface area contributed by atoms with Crippen molar-refractivity contribution < 1.29 is 0 Å². The van der Waals surface area contributed by atoms with Gasteiger partial charge in [0.1, 0.15) is 0 Å². The van der Waals surface area contributed by atoms with Gasteiger partial charge in [-0.3, -0.25) is 4.68 Å². The second kappa shape index (κ2) is 6.85. The van der Waals surface area contributed by atoms with Crippen LogP contribution in [0.3, 0.4) is 0 Å². The summed E-state index contributed by atoms with van der Waals surface area (Å²) in [7, 11) is 1.98. The van der Waals surface area contributed by atoms with E-state index in [0.29, 0.717) is 0 Å². The van der Waals surface area contributed by atoms with E-state index in [4.69, 9.17) is 11.6 Å². The number of hydrogen-bond acceptors (Lipinski definition) is 2. The number of aromatic nitrogens is 2. The Morgan fingerprint density at radius 1 is 1.40 bits per heavy atom. The number of aryl methyl sites for hydroxylation is 2. The Bertz CT molecular complexity index is 283. The van der Waals surface area contributed by atoms with Gasteiger partial charge in [0, 0.05) is 19.5 Å². The molecule has 0 aliphatic carbocycles. The molecule has 0 fully saturated rings. The van der Waals surface area contributed by atoms with Crippen molar-refractivity contribution in [1.29, 1.82) is 0 Å². The summed E-state index contributed by atoms with van der Waals surface area (Å²) in [5.41, 5.74) is 2.32. The monoisotopic (exact) mass is 229 g/mol. The standard InChI is InChI=1S/C11H20ClN3/c1-10-8-11(15(2)14-10)9-13-7-5-3-4-6-12/h8,13H,3-7,9H2,1-2H3. The summed E-state index contributed by atoms with van der Waals surface area (Å²) in [6, 6.07) is 2.12. The van der Waals surface area contributed by atoms with E-state index < -0.39 is 0 Å². The maximum absolute atomic E-state index is 5.60. The van der Waals surface area contributed by atoms with Crippen molar-refractivity contribution in [3.05, 3.63) is 17.5 Å². The van der Waals surface area contributed by atoms with Gasteiger partial charge in [0.05, 0.1) is 11.4 Å². The summed E-state index contributed by atoms with van der Waals surface area (Å²) in [5.74, 6) is 0.779. The first kappa shape index (κ1) is 12.5. The lowest BCUT2D eigenvalue weighted by Crippen LogP contribution is -2.16. The predicted molar refractivity (Wildman–Crippen MR) is 64.2 cm³/mol. The number of alkyl halides is 1. The predicted octanol–water partition coefficient (Wildman–Crippen LogP) is 2.23. The number of rotatable bonds is 7. The topological polar surface area (TPSA) is 29.9 Å². The van der Waals surface area contributed by atoms with Gasteiger partial charge in [-0.25, -0.2) is 0 Å². The Morgan fingerprint density at radius 2 is 2.20 bits per heavy atom. The fraction of sp³-hybridized carbons (Fsp3) is 0.727. The molecule has 0 atom stereocenters. The number of unbranched alkanes of at least 4 members (excludes halogenated alkanes) is 2. The van der Waals surface area contributed by atoms with Crippen LogP contribution in [0.15, 0.2) is 6.07 Å². The molecule has 15 heavy (non-hydrogen) atoms. The zero-order valence-electron chi connectivity index (χ0n) is 9.59. The first-order chi connectivity index (χ1) is 7.24. The van der Waals surface area contributed by atoms with Crippen LogP contribution in [0.1, 0.15) is 30.7 Å². The van der Waals surface area contributed by atoms with Gasteiger partial charge in [-0.05, 0) is 32.4 Å². The van der Waals surface area contributed by atoms with Gasteiger partial charge >= 0.3 is 0 Å². The van der Waals surface area contributed by atoms with E-state index in [1.807, 2.05) is 18.7 Å². The SMILES string of the molecule is Cc1cc(CNCCCCCCl)n(C)n1. The molecule has 4 heteroatoms. The smallest absolute Gasteiger partial charge is 0.0597 e. The van der Waals surface area contributed by atoms with Gasteiger partial charge in [0.25, 0.3) is 0 Å². The lowest BCUT2D eigenvalue weighted by Gasteiger charge is -2.04. The number of nitrogens with zero attached hydrogens (tertiary/aromatic N) is 2. The highest BCUT2D eigenvalue weighted by Gasteiger charge is 2.00. The average Bonchev–Trinajstić information content (AvgIpc) is 2.51. The van der Waals surface area contributed by atoms with E-state index in [0.717, 1.165) is 31.1 Å². The minimum Gasteiger partial charge on any atom is -0.311 e. The molecule has 0 spiro atoms. The molecule has 0 amide bonds. The van der Waals surface area contributed by atoms with Crippen LogP contribution >= 0.6 is 11.6 Å². The molecule has 0 bridgehead atoms. The second-order valence-electron chi connectivity index (χ2n) is 3.83. The molecule has 86 valence electrons. The summed E-state index contributed by atoms with van der Waals surface area (Å²) in [5, 5.41) is 7.71. The average molecular weight is 230 g/mol. The Morgan fingerprint density at radius 3 is 2.80 bits per heavy atom. The Labute approximate surface area is 96.8 Å². The molecule has 1 N–H and O–H groups in total. The minimum atomic E-state index is 0.779. The molecule has 0 unspecified atom stereocenters. The second-order valence-corrected chi connectivity index (χ2v) is 4.21. The molecule has 0 aliphatic heterocycles. The van der Waals surface area contributed by atoms with Gasteiger partial charge in [0.2, 0.25) is 0 Å². The van der Waals surface area contributed by atoms with Crippen LogP contribution in [0.5, 0.6) is 0 Å². The molecule has 0 aliphatic rings. The third-order valence-corrected chi connectivity index (χ3v) is 2.66. The molecule has 1 heterocycles. The van der Waals surface area contributed by atoms with Crippen molar-refractivity contribution in [2.45, 2.75) is 32.7 Å². The lowest BCUT2D eigenvalue weighted by molar-refractivity contribution is 0.589. The third kappa shape index (κ3) is 4.67. The maximum atomic E-state index is 5.60. The minimum absolute atomic E-state index is 0.779. The van der Waals surface area contributed by atoms with Crippen LogP contribution in [-0.4, -0.2) is 22.2 Å². The highest BCUT2D eigenvalue weighted by atomic mass is 35.5. The molecule has 1 rings (SSSR count). The van der Waals surface area contributed by atoms with E-state index in [2.05, 4.69) is 16.5 Å². The zero-order chi connectivity index (χ0) is 11.1. The van der Waals surface area contributed by atoms with Crippen LogP contribution in [0, 0.1) is 6.92 Å². The molecule has 1 aromatic heterocycles. The van der Waals surface area contributed by atoms with Crippen molar-refractivity contribution >= 4 is 11.6 Å². The summed E-state index contributed by atoms with van der Waals surface area (Å²) in [6.07, 6.45) is 3.53. The van der Waals surface area contributed by atoms with Gasteiger partial charge in [0.15, 0.2) is 0 Å². The fourth-order valence-corrected chi connectivity index (χ4v) is 1.76. The van der Waals surface area contributed by atoms with E-state index in [1.54, 1.807) is 0 Å². The van der Waals surface area contributed by atoms with Crippen LogP contribution in [0.2, 0.25) is 0 Å². The summed E-state index contributed by atoms with van der Waals surface area (Å²) in [4.78, 5) is 0. The third-order valence-electron chi connectivity index (χ3n) is 2.39. The molecular formula is C11H20ClN3. The van der Waals surface area contributed by atoms with Crippen molar-refractivity contribution in [3.8, 4) is 0 Å². The largest absolute Gasteiger partial charge is 0.311 e. The van der Waals surface area contributed by atoms with Crippen LogP contribution in [0.4, 0.5) is 0 Å². The fourth-order valence-electron chi connectivity index (χ4n) is 1.57. The molecule has 3 nitrogen and oxygen atoms in total. The number of hydrogen-bond donors (Lipinski definition) is 1. The summed E-state index contributed by atoms with van der Waals surface area (Å²) >= 11 is 5.60. The molecule has 0 saturated carbocycles. The first-order valence-corrected chi connectivity index (χ1v) is 6.03. The molecule has 1 aromatic rings. The zero-order valence-corrected chi connectivity index (χ0v) is 10.3. The lowest BCUT2D eigenvalue weighted by atomic mass is 10.2. The van der Waals surface area contributed by atoms with Gasteiger partial charge < -0.3 is 5.32 Å². The van der Waals surface area contributed by atoms with Crippen molar-refractivity contribution in [1.82, 2.24) is 15.1 Å². The quantitative estimate of drug-likeness (QED) is 0.574. The van der Waals surface area contributed by atoms with E-state index in [9.17, 15) is 0 Å². The summed E-state index contributed by atoms with van der Waals surface area (Å²) in [6.45, 7) is 3.98. The van der Waals surface area contributed by atoms with Crippen molar-refractivity contribution in [3.63, 3.8) is 0 Å². The highest BCUT2D eigenvalue weighted by molar-refractivity contribution is 6.17. The molecule has 0 saturated heterocycles. The number of nitrogens with one attached hydrogen (secondary N) is 1. The first-order valence-electron chi connectivity index (χ1n) is 5.50. The summed E-state index contributed by atoms with van der Waals surface area (Å²) < 4.78 is 1.93. The van der Waals surface area contributed by atoms with Crippen molar-refractivity contribution in [2.24, 2.45) is 7.05 Å². The molecule has 0 aromatic carbocycles. The highest BCUT2D eigenvalue weighted by Crippen LogP contribution is 2.01. The van der Waals surface area contributed by atoms with E-state index in [-0.39, 0.29) is 0 Å². The van der Waals surface area contributed by atoms with Crippen LogP contribution in [-0.2, 0) is 13.6 Å². The maximum Gasteiger partial charge on any atom is 0.0597 e. The van der Waals surface area contributed by atoms with Gasteiger partial charge in [-0.15, -0.1) is 11.6 Å². The molecule has 0 radical (unpaired) electrons. The normalized spacial score (nSPS) is 10.9. The van der Waals surface area contributed by atoms with E-state index >= 15 is 0 Å². The molecular weight excluding hydrogens is 210 g/mol. The van der Waals surface area contributed by atoms with Crippen molar-refractivity contribution in [2.75, 3.05) is 12.4 Å². The number of halogens is 1. The van der Waals surface area contributed by atoms with Crippen LogP contribution < -0.4 is 5.32 Å². The van der Waals surface area contributed by atoms with Gasteiger partial charge in [-0.1, -0.05) is 6.42 Å². The van der Waals surface area contributed by atoms with Gasteiger partial charge in [-0.2, -0.15) is 5.10 Å². The van der Waals surface area contributed by atoms with Crippen LogP contribution in [0.25, 0.3) is 0 Å². The Hall–Kier alpha value is -0.540.